The van der Waals surface area contributed by atoms with Crippen LogP contribution in [0.3, 0.4) is 0 Å². The fraction of sp³-hybridized carbons (Fsp3) is 0.600. The van der Waals surface area contributed by atoms with Crippen LogP contribution in [0.2, 0.25) is 0 Å². The van der Waals surface area contributed by atoms with E-state index >= 15 is 0 Å². The molecule has 0 saturated carbocycles. The van der Waals surface area contributed by atoms with Crippen molar-refractivity contribution in [2.75, 3.05) is 6.61 Å². The summed E-state index contributed by atoms with van der Waals surface area (Å²) in [6, 6.07) is 1.59. The van der Waals surface area contributed by atoms with Gasteiger partial charge in [-0.15, -0.1) is 0 Å². The second-order valence-corrected chi connectivity index (χ2v) is 6.46. The quantitative estimate of drug-likeness (QED) is 0.862. The van der Waals surface area contributed by atoms with Gasteiger partial charge in [0.1, 0.15) is 0 Å². The Hall–Kier alpha value is -1.14. The van der Waals surface area contributed by atoms with Gasteiger partial charge in [0.2, 0.25) is 0 Å². The zero-order valence-electron chi connectivity index (χ0n) is 12.9. The Kier molecular flexibility index (Phi) is 4.31. The third-order valence-corrected chi connectivity index (χ3v) is 4.21. The minimum atomic E-state index is -1.10. The van der Waals surface area contributed by atoms with Crippen LogP contribution in [-0.2, 0) is 11.1 Å². The number of benzene rings is 1. The molecule has 1 aromatic carbocycles. The van der Waals surface area contributed by atoms with Crippen molar-refractivity contribution in [3.05, 3.63) is 23.3 Å². The SMILES string of the molecule is CC(C)(O)C(C)(C)OBc1cc2c(c(F)c1F)OCCC2. The number of ether oxygens (including phenoxy) is 1. The molecule has 1 aromatic rings. The fourth-order valence-corrected chi connectivity index (χ4v) is 2.04. The van der Waals surface area contributed by atoms with Gasteiger partial charge < -0.3 is 14.5 Å². The second-order valence-electron chi connectivity index (χ2n) is 6.46. The maximum absolute atomic E-state index is 14.1. The van der Waals surface area contributed by atoms with Crippen LogP contribution >= 0.6 is 0 Å². The van der Waals surface area contributed by atoms with Gasteiger partial charge in [-0.1, -0.05) is 6.07 Å². The molecule has 3 nitrogen and oxygen atoms in total. The molecule has 6 heteroatoms. The molecule has 0 amide bonds. The van der Waals surface area contributed by atoms with E-state index in [2.05, 4.69) is 0 Å². The van der Waals surface area contributed by atoms with Crippen LogP contribution in [0.25, 0.3) is 0 Å². The summed E-state index contributed by atoms with van der Waals surface area (Å²) in [7, 11) is -0.104. The van der Waals surface area contributed by atoms with Gasteiger partial charge >= 0.3 is 7.48 Å². The van der Waals surface area contributed by atoms with Crippen molar-refractivity contribution >= 4 is 12.9 Å². The lowest BCUT2D eigenvalue weighted by molar-refractivity contribution is -0.0893. The van der Waals surface area contributed by atoms with Gasteiger partial charge in [0.15, 0.2) is 17.4 Å². The number of rotatable bonds is 4. The van der Waals surface area contributed by atoms with E-state index in [0.29, 0.717) is 18.6 Å². The number of hydrogen-bond acceptors (Lipinski definition) is 3. The topological polar surface area (TPSA) is 38.7 Å². The lowest BCUT2D eigenvalue weighted by Crippen LogP contribution is -2.49. The van der Waals surface area contributed by atoms with E-state index in [1.165, 1.54) is 0 Å². The first-order valence-electron chi connectivity index (χ1n) is 7.12. The first-order chi connectivity index (χ1) is 9.63. The summed E-state index contributed by atoms with van der Waals surface area (Å²) >= 11 is 0. The van der Waals surface area contributed by atoms with E-state index in [1.807, 2.05) is 0 Å². The molecule has 0 fully saturated rings. The van der Waals surface area contributed by atoms with Crippen LogP contribution in [0, 0.1) is 11.6 Å². The number of aliphatic hydroxyl groups is 1. The van der Waals surface area contributed by atoms with Crippen molar-refractivity contribution < 1.29 is 23.3 Å². The molecule has 1 heterocycles. The lowest BCUT2D eigenvalue weighted by atomic mass is 9.81. The highest BCUT2D eigenvalue weighted by molar-refractivity contribution is 6.47. The minimum Gasteiger partial charge on any atom is -0.490 e. The molecule has 0 spiro atoms. The van der Waals surface area contributed by atoms with Crippen LogP contribution in [-0.4, -0.2) is 30.4 Å². The molecule has 116 valence electrons. The summed E-state index contributed by atoms with van der Waals surface area (Å²) in [6.45, 7) is 7.06. The first kappa shape index (κ1) is 16.2. The van der Waals surface area contributed by atoms with Crippen molar-refractivity contribution in [2.24, 2.45) is 0 Å². The second kappa shape index (κ2) is 5.57. The summed E-state index contributed by atoms with van der Waals surface area (Å²) in [5.41, 5.74) is -1.17. The zero-order chi connectivity index (χ0) is 15.8. The summed E-state index contributed by atoms with van der Waals surface area (Å²) in [6.07, 6.45) is 1.45. The molecule has 1 N–H and O–H groups in total. The maximum Gasteiger partial charge on any atom is 0.312 e. The monoisotopic (exact) mass is 298 g/mol. The Balaban J connectivity index is 2.24. The predicted octanol–water partition coefficient (Wildman–Crippen LogP) is 1.83. The average Bonchev–Trinajstić information content (AvgIpc) is 2.40. The van der Waals surface area contributed by atoms with Crippen molar-refractivity contribution in [3.8, 4) is 5.75 Å². The molecule has 2 rings (SSSR count). The number of halogens is 2. The highest BCUT2D eigenvalue weighted by Gasteiger charge is 2.36. The molecule has 0 atom stereocenters. The molecule has 0 unspecified atom stereocenters. The van der Waals surface area contributed by atoms with Crippen molar-refractivity contribution in [2.45, 2.75) is 51.7 Å². The van der Waals surface area contributed by atoms with E-state index in [0.717, 1.165) is 6.42 Å². The molecule has 1 aliphatic rings. The van der Waals surface area contributed by atoms with Gasteiger partial charge in [-0.25, -0.2) is 4.39 Å². The molecular weight excluding hydrogens is 277 g/mol. The van der Waals surface area contributed by atoms with Gasteiger partial charge in [-0.05, 0) is 51.6 Å². The van der Waals surface area contributed by atoms with E-state index in [-0.39, 0.29) is 18.7 Å². The summed E-state index contributed by atoms with van der Waals surface area (Å²) in [5, 5.41) is 10.0. The predicted molar refractivity (Wildman–Crippen MR) is 78.4 cm³/mol. The normalized spacial score (nSPS) is 15.4. The molecule has 0 saturated heterocycles. The molecule has 0 bridgehead atoms. The van der Waals surface area contributed by atoms with Crippen molar-refractivity contribution in [3.63, 3.8) is 0 Å². The van der Waals surface area contributed by atoms with Crippen LogP contribution in [0.5, 0.6) is 5.75 Å². The Morgan fingerprint density at radius 3 is 2.52 bits per heavy atom. The van der Waals surface area contributed by atoms with E-state index in [9.17, 15) is 13.9 Å². The molecule has 0 aliphatic carbocycles. The number of fused-ring (bicyclic) bond motifs is 1. The van der Waals surface area contributed by atoms with E-state index < -0.39 is 22.8 Å². The molecule has 21 heavy (non-hydrogen) atoms. The first-order valence-corrected chi connectivity index (χ1v) is 7.12. The molecule has 0 aromatic heterocycles. The van der Waals surface area contributed by atoms with Gasteiger partial charge in [-0.2, -0.15) is 4.39 Å². The van der Waals surface area contributed by atoms with Gasteiger partial charge in [0, 0.05) is 0 Å². The van der Waals surface area contributed by atoms with Crippen LogP contribution < -0.4 is 10.2 Å². The van der Waals surface area contributed by atoms with Crippen LogP contribution in [0.4, 0.5) is 8.78 Å². The minimum absolute atomic E-state index is 0.0178. The Morgan fingerprint density at radius 1 is 1.24 bits per heavy atom. The Bertz CT molecular complexity index is 539. The van der Waals surface area contributed by atoms with Crippen molar-refractivity contribution in [1.29, 1.82) is 0 Å². The summed E-state index contributed by atoms with van der Waals surface area (Å²) < 4.78 is 38.9. The standard InChI is InChI=1S/C15H21BF2O3/c1-14(2,19)15(3,4)21-16-10-8-9-6-5-7-20-13(9)12(18)11(10)17/h8,16,19H,5-7H2,1-4H3. The van der Waals surface area contributed by atoms with E-state index in [1.54, 1.807) is 33.8 Å². The Morgan fingerprint density at radius 2 is 1.90 bits per heavy atom. The van der Waals surface area contributed by atoms with Crippen molar-refractivity contribution in [1.82, 2.24) is 0 Å². The largest absolute Gasteiger partial charge is 0.490 e. The summed E-state index contributed by atoms with van der Waals surface area (Å²) in [4.78, 5) is 0. The van der Waals surface area contributed by atoms with Crippen LogP contribution in [0.1, 0.15) is 39.7 Å². The number of hydrogen-bond donors (Lipinski definition) is 1. The Labute approximate surface area is 124 Å². The average molecular weight is 298 g/mol. The molecular formula is C15H21BF2O3. The van der Waals surface area contributed by atoms with Gasteiger partial charge in [0.05, 0.1) is 17.8 Å². The van der Waals surface area contributed by atoms with Gasteiger partial charge in [0.25, 0.3) is 0 Å². The third-order valence-electron chi connectivity index (χ3n) is 4.21. The fourth-order valence-electron chi connectivity index (χ4n) is 2.04. The number of aryl methyl sites for hydroxylation is 1. The highest BCUT2D eigenvalue weighted by atomic mass is 19.2. The molecule has 1 aliphatic heterocycles. The van der Waals surface area contributed by atoms with Gasteiger partial charge in [-0.3, -0.25) is 0 Å². The smallest absolute Gasteiger partial charge is 0.312 e. The summed E-state index contributed by atoms with van der Waals surface area (Å²) in [5.74, 6) is -1.88. The highest BCUT2D eigenvalue weighted by Crippen LogP contribution is 2.29. The molecule has 0 radical (unpaired) electrons. The third kappa shape index (κ3) is 3.21. The maximum atomic E-state index is 14.1. The van der Waals surface area contributed by atoms with E-state index in [4.69, 9.17) is 9.39 Å². The zero-order valence-corrected chi connectivity index (χ0v) is 12.9. The van der Waals surface area contributed by atoms with Crippen LogP contribution in [0.15, 0.2) is 6.07 Å². The lowest BCUT2D eigenvalue weighted by Gasteiger charge is -2.37.